The fourth-order valence-electron chi connectivity index (χ4n) is 2.92. The summed E-state index contributed by atoms with van der Waals surface area (Å²) in [6.45, 7) is 0. The highest BCUT2D eigenvalue weighted by Crippen LogP contribution is 2.36. The van der Waals surface area contributed by atoms with Gasteiger partial charge in [-0.3, -0.25) is 10.1 Å². The molecule has 0 aliphatic heterocycles. The van der Waals surface area contributed by atoms with E-state index in [2.05, 4.69) is 0 Å². The van der Waals surface area contributed by atoms with Crippen LogP contribution in [-0.4, -0.2) is 16.0 Å². The standard InChI is InChI=1S/C22H13ClF3NO4/c23-17-8-5-15(6-9-17)14-3-1-13(2-4-14)11-19(21(28)29)18-10-7-16(22(24,25)26)12-20(18)27(30)31/h1-12H,(H,28,29)/b19-11+. The van der Waals surface area contributed by atoms with E-state index in [-0.39, 0.29) is 0 Å². The van der Waals surface area contributed by atoms with E-state index in [4.69, 9.17) is 11.6 Å². The van der Waals surface area contributed by atoms with Crippen LogP contribution < -0.4 is 0 Å². The Balaban J connectivity index is 2.03. The summed E-state index contributed by atoms with van der Waals surface area (Å²) < 4.78 is 38.7. The number of aliphatic carboxylic acids is 1. The van der Waals surface area contributed by atoms with E-state index >= 15 is 0 Å². The summed E-state index contributed by atoms with van der Waals surface area (Å²) in [5, 5.41) is 21.4. The Kier molecular flexibility index (Phi) is 6.12. The summed E-state index contributed by atoms with van der Waals surface area (Å²) in [5.41, 5.74) is -1.000. The molecule has 3 rings (SSSR count). The van der Waals surface area contributed by atoms with E-state index in [1.165, 1.54) is 6.08 Å². The molecule has 3 aromatic rings. The average molecular weight is 448 g/mol. The number of nitro benzene ring substituents is 1. The minimum absolute atomic E-state index is 0.329. The molecular formula is C22H13ClF3NO4. The van der Waals surface area contributed by atoms with Gasteiger partial charge in [-0.25, -0.2) is 4.79 Å². The predicted octanol–water partition coefficient (Wildman–Crippen LogP) is 6.56. The molecule has 3 aromatic carbocycles. The minimum Gasteiger partial charge on any atom is -0.478 e. The Labute approximate surface area is 179 Å². The molecule has 0 radical (unpaired) electrons. The number of rotatable bonds is 5. The van der Waals surface area contributed by atoms with Crippen molar-refractivity contribution in [1.29, 1.82) is 0 Å². The second-order valence-electron chi connectivity index (χ2n) is 6.48. The highest BCUT2D eigenvalue weighted by atomic mass is 35.5. The molecule has 0 aliphatic carbocycles. The van der Waals surface area contributed by atoms with Gasteiger partial charge in [-0.2, -0.15) is 13.2 Å². The summed E-state index contributed by atoms with van der Waals surface area (Å²) in [6, 6.07) is 15.4. The van der Waals surface area contributed by atoms with Gasteiger partial charge in [0.25, 0.3) is 5.69 Å². The van der Waals surface area contributed by atoms with Crippen LogP contribution in [0.25, 0.3) is 22.8 Å². The molecule has 0 amide bonds. The van der Waals surface area contributed by atoms with Crippen LogP contribution in [-0.2, 0) is 11.0 Å². The number of benzene rings is 3. The van der Waals surface area contributed by atoms with Gasteiger partial charge in [0.15, 0.2) is 0 Å². The predicted molar refractivity (Wildman–Crippen MR) is 110 cm³/mol. The molecule has 0 spiro atoms. The maximum Gasteiger partial charge on any atom is 0.416 e. The van der Waals surface area contributed by atoms with Gasteiger partial charge in [0.05, 0.1) is 21.6 Å². The lowest BCUT2D eigenvalue weighted by molar-refractivity contribution is -0.385. The first kappa shape index (κ1) is 22.0. The van der Waals surface area contributed by atoms with Crippen molar-refractivity contribution in [2.45, 2.75) is 6.18 Å². The van der Waals surface area contributed by atoms with Crippen molar-refractivity contribution in [3.05, 3.63) is 98.6 Å². The topological polar surface area (TPSA) is 80.4 Å². The van der Waals surface area contributed by atoms with Crippen molar-refractivity contribution < 1.29 is 28.0 Å². The molecule has 0 saturated carbocycles. The Morgan fingerprint density at radius 3 is 2.00 bits per heavy atom. The van der Waals surface area contributed by atoms with E-state index in [0.29, 0.717) is 22.7 Å². The van der Waals surface area contributed by atoms with Crippen LogP contribution >= 0.6 is 11.6 Å². The molecule has 158 valence electrons. The summed E-state index contributed by atoms with van der Waals surface area (Å²) in [6.07, 6.45) is -3.63. The minimum atomic E-state index is -4.80. The number of alkyl halides is 3. The zero-order valence-electron chi connectivity index (χ0n) is 15.6. The maximum absolute atomic E-state index is 12.9. The van der Waals surface area contributed by atoms with Crippen LogP contribution in [0, 0.1) is 10.1 Å². The second-order valence-corrected chi connectivity index (χ2v) is 6.92. The normalized spacial score (nSPS) is 11.9. The van der Waals surface area contributed by atoms with Gasteiger partial charge < -0.3 is 5.11 Å². The smallest absolute Gasteiger partial charge is 0.416 e. The molecule has 0 unspecified atom stereocenters. The highest BCUT2D eigenvalue weighted by molar-refractivity contribution is 6.30. The quantitative estimate of drug-likeness (QED) is 0.208. The lowest BCUT2D eigenvalue weighted by Gasteiger charge is -2.10. The van der Waals surface area contributed by atoms with Crippen LogP contribution in [0.3, 0.4) is 0 Å². The van der Waals surface area contributed by atoms with E-state index < -0.39 is 39.5 Å². The van der Waals surface area contributed by atoms with E-state index in [1.807, 2.05) is 0 Å². The van der Waals surface area contributed by atoms with Crippen LogP contribution in [0.4, 0.5) is 18.9 Å². The first-order valence-electron chi connectivity index (χ1n) is 8.73. The molecule has 0 aliphatic rings. The molecule has 0 heterocycles. The lowest BCUT2D eigenvalue weighted by Crippen LogP contribution is -2.08. The Morgan fingerprint density at radius 1 is 0.968 bits per heavy atom. The Hall–Kier alpha value is -3.65. The van der Waals surface area contributed by atoms with Crippen molar-refractivity contribution in [2.24, 2.45) is 0 Å². The molecular weight excluding hydrogens is 435 g/mol. The first-order valence-corrected chi connectivity index (χ1v) is 9.11. The summed E-state index contributed by atoms with van der Waals surface area (Å²) in [7, 11) is 0. The van der Waals surface area contributed by atoms with E-state index in [0.717, 1.165) is 17.2 Å². The summed E-state index contributed by atoms with van der Waals surface area (Å²) in [4.78, 5) is 22.0. The Bertz CT molecular complexity index is 1170. The monoisotopic (exact) mass is 447 g/mol. The lowest BCUT2D eigenvalue weighted by atomic mass is 9.98. The average Bonchev–Trinajstić information content (AvgIpc) is 2.72. The number of carbonyl (C=O) groups is 1. The third-order valence-corrected chi connectivity index (χ3v) is 4.69. The molecule has 31 heavy (non-hydrogen) atoms. The van der Waals surface area contributed by atoms with Crippen molar-refractivity contribution in [3.63, 3.8) is 0 Å². The molecule has 0 fully saturated rings. The summed E-state index contributed by atoms with van der Waals surface area (Å²) in [5.74, 6) is -1.51. The van der Waals surface area contributed by atoms with Crippen molar-refractivity contribution in [3.8, 4) is 11.1 Å². The summed E-state index contributed by atoms with van der Waals surface area (Å²) >= 11 is 5.87. The second kappa shape index (κ2) is 8.61. The number of nitrogens with zero attached hydrogens (tertiary/aromatic N) is 1. The van der Waals surface area contributed by atoms with Gasteiger partial charge in [0, 0.05) is 11.1 Å². The van der Waals surface area contributed by atoms with E-state index in [9.17, 15) is 33.2 Å². The SMILES string of the molecule is O=C(O)/C(=C/c1ccc(-c2ccc(Cl)cc2)cc1)c1ccc(C(F)(F)F)cc1[N+](=O)[O-]. The molecule has 0 atom stereocenters. The van der Waals surface area contributed by atoms with Crippen LogP contribution in [0.1, 0.15) is 16.7 Å². The number of nitro groups is 1. The number of carboxylic acid groups (broad SMARTS) is 1. The molecule has 0 saturated heterocycles. The van der Waals surface area contributed by atoms with Gasteiger partial charge in [-0.05, 0) is 47.0 Å². The van der Waals surface area contributed by atoms with Gasteiger partial charge in [0.2, 0.25) is 0 Å². The van der Waals surface area contributed by atoms with Gasteiger partial charge in [-0.1, -0.05) is 48.0 Å². The number of halogens is 4. The molecule has 0 aromatic heterocycles. The zero-order valence-corrected chi connectivity index (χ0v) is 16.3. The molecule has 9 heteroatoms. The number of carboxylic acids is 1. The number of hydrogen-bond acceptors (Lipinski definition) is 3. The molecule has 0 bridgehead atoms. The number of hydrogen-bond donors (Lipinski definition) is 1. The fourth-order valence-corrected chi connectivity index (χ4v) is 3.05. The van der Waals surface area contributed by atoms with Gasteiger partial charge in [-0.15, -0.1) is 0 Å². The van der Waals surface area contributed by atoms with Crippen LogP contribution in [0.2, 0.25) is 5.02 Å². The van der Waals surface area contributed by atoms with Crippen molar-refractivity contribution >= 4 is 34.9 Å². The first-order chi connectivity index (χ1) is 14.6. The maximum atomic E-state index is 12.9. The zero-order chi connectivity index (χ0) is 22.8. The van der Waals surface area contributed by atoms with Crippen molar-refractivity contribution in [1.82, 2.24) is 0 Å². The van der Waals surface area contributed by atoms with Gasteiger partial charge in [0.1, 0.15) is 0 Å². The molecule has 5 nitrogen and oxygen atoms in total. The third-order valence-electron chi connectivity index (χ3n) is 4.44. The van der Waals surface area contributed by atoms with E-state index in [1.54, 1.807) is 48.5 Å². The van der Waals surface area contributed by atoms with Gasteiger partial charge >= 0.3 is 12.1 Å². The Morgan fingerprint density at radius 2 is 1.52 bits per heavy atom. The largest absolute Gasteiger partial charge is 0.478 e. The molecule has 1 N–H and O–H groups in total. The fraction of sp³-hybridized carbons (Fsp3) is 0.0455. The highest BCUT2D eigenvalue weighted by Gasteiger charge is 2.34. The van der Waals surface area contributed by atoms with Crippen LogP contribution in [0.15, 0.2) is 66.7 Å². The van der Waals surface area contributed by atoms with Crippen LogP contribution in [0.5, 0.6) is 0 Å². The van der Waals surface area contributed by atoms with Crippen molar-refractivity contribution in [2.75, 3.05) is 0 Å². The third kappa shape index (κ3) is 5.10.